The average molecular weight is 246 g/mol. The van der Waals surface area contributed by atoms with Gasteiger partial charge < -0.3 is 4.74 Å². The van der Waals surface area contributed by atoms with Crippen LogP contribution in [0.3, 0.4) is 0 Å². The van der Waals surface area contributed by atoms with E-state index in [9.17, 15) is 0 Å². The Morgan fingerprint density at radius 3 is 2.11 bits per heavy atom. The van der Waals surface area contributed by atoms with Gasteiger partial charge in [-0.1, -0.05) is 12.8 Å². The van der Waals surface area contributed by atoms with Gasteiger partial charge >= 0.3 is 0 Å². The van der Waals surface area contributed by atoms with Crippen molar-refractivity contribution in [2.45, 2.75) is 75.9 Å². The molecule has 0 N–H and O–H groups in total. The minimum Gasteiger partial charge on any atom is -0.371 e. The molecule has 1 heterocycles. The summed E-state index contributed by atoms with van der Waals surface area (Å²) < 4.78 is 6.83. The van der Waals surface area contributed by atoms with Crippen molar-refractivity contribution in [2.75, 3.05) is 0 Å². The van der Waals surface area contributed by atoms with Crippen molar-refractivity contribution in [1.29, 1.82) is 0 Å². The van der Waals surface area contributed by atoms with E-state index in [4.69, 9.17) is 4.74 Å². The second-order valence-electron chi connectivity index (χ2n) is 8.16. The molecule has 18 heavy (non-hydrogen) atoms. The lowest BCUT2D eigenvalue weighted by molar-refractivity contribution is -0.197. The van der Waals surface area contributed by atoms with Gasteiger partial charge in [-0.15, -0.1) is 0 Å². The Kier molecular flexibility index (Phi) is 2.10. The fourth-order valence-corrected chi connectivity index (χ4v) is 6.81. The lowest BCUT2D eigenvalue weighted by Gasteiger charge is -2.59. The van der Waals surface area contributed by atoms with Crippen molar-refractivity contribution in [2.24, 2.45) is 29.6 Å². The summed E-state index contributed by atoms with van der Waals surface area (Å²) >= 11 is 0. The van der Waals surface area contributed by atoms with Crippen LogP contribution in [0.5, 0.6) is 0 Å². The Morgan fingerprint density at radius 2 is 1.44 bits per heavy atom. The van der Waals surface area contributed by atoms with Crippen LogP contribution in [0.25, 0.3) is 0 Å². The third-order valence-electron chi connectivity index (χ3n) is 7.31. The molecule has 0 aromatic heterocycles. The van der Waals surface area contributed by atoms with E-state index < -0.39 is 0 Å². The third-order valence-corrected chi connectivity index (χ3v) is 7.31. The number of fused-ring (bicyclic) bond motifs is 1. The van der Waals surface area contributed by atoms with E-state index in [-0.39, 0.29) is 0 Å². The Bertz CT molecular complexity index is 317. The maximum Gasteiger partial charge on any atom is 0.0746 e. The summed E-state index contributed by atoms with van der Waals surface area (Å²) in [7, 11) is 0. The van der Waals surface area contributed by atoms with E-state index in [1.54, 1.807) is 6.42 Å². The van der Waals surface area contributed by atoms with E-state index >= 15 is 0 Å². The predicted octanol–water partition coefficient (Wildman–Crippen LogP) is 4.16. The van der Waals surface area contributed by atoms with Gasteiger partial charge in [-0.3, -0.25) is 0 Å². The molecule has 1 nitrogen and oxygen atoms in total. The first-order valence-corrected chi connectivity index (χ1v) is 8.51. The number of hydrogen-bond donors (Lipinski definition) is 0. The first-order chi connectivity index (χ1) is 8.83. The molecule has 0 radical (unpaired) electrons. The van der Waals surface area contributed by atoms with Gasteiger partial charge in [0.05, 0.1) is 11.7 Å². The maximum atomic E-state index is 6.83. The zero-order valence-corrected chi connectivity index (χ0v) is 11.4. The Balaban J connectivity index is 1.49. The summed E-state index contributed by atoms with van der Waals surface area (Å²) in [4.78, 5) is 0. The van der Waals surface area contributed by atoms with Crippen LogP contribution in [0.4, 0.5) is 0 Å². The molecule has 5 saturated carbocycles. The van der Waals surface area contributed by atoms with Gasteiger partial charge in [0.25, 0.3) is 0 Å². The highest BCUT2D eigenvalue weighted by atomic mass is 16.5. The summed E-state index contributed by atoms with van der Waals surface area (Å²) in [5, 5.41) is 0. The largest absolute Gasteiger partial charge is 0.371 e. The normalized spacial score (nSPS) is 61.3. The van der Waals surface area contributed by atoms with Crippen molar-refractivity contribution < 1.29 is 4.74 Å². The molecule has 6 fully saturated rings. The zero-order chi connectivity index (χ0) is 11.7. The van der Waals surface area contributed by atoms with Crippen LogP contribution in [0.1, 0.15) is 64.2 Å². The summed E-state index contributed by atoms with van der Waals surface area (Å²) in [6.45, 7) is 0. The van der Waals surface area contributed by atoms with Crippen molar-refractivity contribution in [3.8, 4) is 0 Å². The lowest BCUT2D eigenvalue weighted by Crippen LogP contribution is -2.57. The summed E-state index contributed by atoms with van der Waals surface area (Å²) in [6, 6.07) is 0. The zero-order valence-electron chi connectivity index (χ0n) is 11.4. The topological polar surface area (TPSA) is 9.23 Å². The smallest absolute Gasteiger partial charge is 0.0746 e. The van der Waals surface area contributed by atoms with E-state index in [0.29, 0.717) is 11.7 Å². The molecule has 6 rings (SSSR count). The quantitative estimate of drug-likeness (QED) is 0.623. The van der Waals surface area contributed by atoms with Crippen LogP contribution < -0.4 is 0 Å². The van der Waals surface area contributed by atoms with E-state index in [1.807, 2.05) is 0 Å². The molecule has 1 aliphatic heterocycles. The minimum atomic E-state index is 0.382. The van der Waals surface area contributed by atoms with Crippen molar-refractivity contribution in [1.82, 2.24) is 0 Å². The monoisotopic (exact) mass is 246 g/mol. The second-order valence-corrected chi connectivity index (χ2v) is 8.16. The van der Waals surface area contributed by atoms with Crippen molar-refractivity contribution in [3.63, 3.8) is 0 Å². The fraction of sp³-hybridized carbons (Fsp3) is 1.00. The molecule has 1 heteroatoms. The molecule has 1 spiro atoms. The molecule has 1 saturated heterocycles. The average Bonchev–Trinajstić information content (AvgIpc) is 2.75. The molecule has 100 valence electrons. The number of rotatable bonds is 0. The first-order valence-electron chi connectivity index (χ1n) is 8.51. The summed E-state index contributed by atoms with van der Waals surface area (Å²) in [5.41, 5.74) is 0.382. The molecule has 6 aliphatic rings. The van der Waals surface area contributed by atoms with Crippen LogP contribution in [-0.2, 0) is 4.74 Å². The SMILES string of the molecule is C1CCC2OC3(CC2C1)C1CC2CC(C1)CC3C2. The molecule has 0 amide bonds. The van der Waals surface area contributed by atoms with Gasteiger partial charge in [0, 0.05) is 0 Å². The van der Waals surface area contributed by atoms with Gasteiger partial charge in [0.1, 0.15) is 0 Å². The Morgan fingerprint density at radius 1 is 0.778 bits per heavy atom. The number of hydrogen-bond acceptors (Lipinski definition) is 1. The minimum absolute atomic E-state index is 0.382. The molecular weight excluding hydrogens is 220 g/mol. The van der Waals surface area contributed by atoms with E-state index in [2.05, 4.69) is 0 Å². The fourth-order valence-electron chi connectivity index (χ4n) is 6.81. The Labute approximate surface area is 111 Å². The number of ether oxygens (including phenoxy) is 1. The Hall–Kier alpha value is -0.0400. The first kappa shape index (κ1) is 10.7. The lowest BCUT2D eigenvalue weighted by atomic mass is 9.49. The third kappa shape index (κ3) is 1.27. The molecule has 0 aromatic rings. The maximum absolute atomic E-state index is 6.83. The summed E-state index contributed by atoms with van der Waals surface area (Å²) in [5.74, 6) is 5.03. The second kappa shape index (κ2) is 3.53. The van der Waals surface area contributed by atoms with Crippen LogP contribution in [0, 0.1) is 29.6 Å². The van der Waals surface area contributed by atoms with E-state index in [0.717, 1.165) is 29.6 Å². The van der Waals surface area contributed by atoms with Crippen LogP contribution >= 0.6 is 0 Å². The standard InChI is InChI=1S/C17H26O/c1-2-4-16-13(3-1)10-17(18-16)14-6-11-5-12(8-14)9-15(17)7-11/h11-16H,1-10H2. The van der Waals surface area contributed by atoms with Crippen molar-refractivity contribution in [3.05, 3.63) is 0 Å². The summed E-state index contributed by atoms with van der Waals surface area (Å²) in [6.07, 6.45) is 15.5. The van der Waals surface area contributed by atoms with Gasteiger partial charge in [-0.05, 0) is 81.0 Å². The molecule has 0 aromatic carbocycles. The highest BCUT2D eigenvalue weighted by Gasteiger charge is 2.62. The van der Waals surface area contributed by atoms with Gasteiger partial charge in [0.15, 0.2) is 0 Å². The van der Waals surface area contributed by atoms with Gasteiger partial charge in [-0.2, -0.15) is 0 Å². The van der Waals surface area contributed by atoms with Crippen LogP contribution in [0.2, 0.25) is 0 Å². The van der Waals surface area contributed by atoms with Crippen molar-refractivity contribution >= 4 is 0 Å². The molecule has 2 atom stereocenters. The molecular formula is C17H26O. The highest BCUT2D eigenvalue weighted by Crippen LogP contribution is 2.64. The van der Waals surface area contributed by atoms with Crippen LogP contribution in [0.15, 0.2) is 0 Å². The highest BCUT2D eigenvalue weighted by molar-refractivity contribution is 5.11. The predicted molar refractivity (Wildman–Crippen MR) is 71.2 cm³/mol. The molecule has 2 unspecified atom stereocenters. The van der Waals surface area contributed by atoms with Crippen LogP contribution in [-0.4, -0.2) is 11.7 Å². The van der Waals surface area contributed by atoms with Gasteiger partial charge in [-0.25, -0.2) is 0 Å². The molecule has 5 aliphatic carbocycles. The van der Waals surface area contributed by atoms with Gasteiger partial charge in [0.2, 0.25) is 0 Å². The molecule has 4 bridgehead atoms. The van der Waals surface area contributed by atoms with E-state index in [1.165, 1.54) is 57.8 Å².